The van der Waals surface area contributed by atoms with Crippen molar-refractivity contribution in [3.8, 4) is 6.07 Å². The molecule has 0 aromatic heterocycles. The van der Waals surface area contributed by atoms with Crippen molar-refractivity contribution >= 4 is 29.1 Å². The second-order valence-corrected chi connectivity index (χ2v) is 4.53. The van der Waals surface area contributed by atoms with Crippen LogP contribution in [0.25, 0.3) is 0 Å². The Balaban J connectivity index is 2.30. The van der Waals surface area contributed by atoms with Gasteiger partial charge in [-0.2, -0.15) is 5.26 Å². The molecule has 2 amide bonds. The van der Waals surface area contributed by atoms with E-state index in [1.54, 1.807) is 0 Å². The molecule has 8 heteroatoms. The Hall–Kier alpha value is -2.43. The summed E-state index contributed by atoms with van der Waals surface area (Å²) in [5.41, 5.74) is -0.0486. The van der Waals surface area contributed by atoms with Crippen molar-refractivity contribution in [2.24, 2.45) is 0 Å². The standard InChI is InChI=1S/C13H9ClFN3O3/c14-8-3-7(6-16)10(4-9(8)15)17-11-5-12(20)18(1-2-19)13(11)21/h3-5,17,19H,1-2H2. The van der Waals surface area contributed by atoms with E-state index in [0.29, 0.717) is 0 Å². The van der Waals surface area contributed by atoms with Gasteiger partial charge in [0.2, 0.25) is 0 Å². The van der Waals surface area contributed by atoms with Crippen LogP contribution in [0.15, 0.2) is 23.9 Å². The fourth-order valence-corrected chi connectivity index (χ4v) is 1.96. The number of aliphatic hydroxyl groups excluding tert-OH is 1. The highest BCUT2D eigenvalue weighted by Gasteiger charge is 2.31. The average molecular weight is 310 g/mol. The first kappa shape index (κ1) is 15.0. The fraction of sp³-hybridized carbons (Fsp3) is 0.154. The highest BCUT2D eigenvalue weighted by molar-refractivity contribution is 6.31. The van der Waals surface area contributed by atoms with Crippen molar-refractivity contribution in [2.45, 2.75) is 0 Å². The summed E-state index contributed by atoms with van der Waals surface area (Å²) in [6.07, 6.45) is 1.02. The molecule has 0 bridgehead atoms. The third-order valence-electron chi connectivity index (χ3n) is 2.78. The molecule has 6 nitrogen and oxygen atoms in total. The third kappa shape index (κ3) is 2.86. The van der Waals surface area contributed by atoms with E-state index >= 15 is 0 Å². The number of hydrogen-bond donors (Lipinski definition) is 2. The molecule has 1 aromatic carbocycles. The monoisotopic (exact) mass is 309 g/mol. The largest absolute Gasteiger partial charge is 0.395 e. The molecule has 1 aliphatic rings. The van der Waals surface area contributed by atoms with Crippen LogP contribution in [0.3, 0.4) is 0 Å². The predicted octanol–water partition coefficient (Wildman–Crippen LogP) is 1.01. The molecular formula is C13H9ClFN3O3. The van der Waals surface area contributed by atoms with Crippen molar-refractivity contribution < 1.29 is 19.1 Å². The fourth-order valence-electron chi connectivity index (χ4n) is 1.80. The van der Waals surface area contributed by atoms with Gasteiger partial charge < -0.3 is 10.4 Å². The highest BCUT2D eigenvalue weighted by Crippen LogP contribution is 2.26. The number of nitriles is 1. The first-order valence-electron chi connectivity index (χ1n) is 5.82. The molecule has 2 rings (SSSR count). The van der Waals surface area contributed by atoms with Gasteiger partial charge in [0, 0.05) is 12.1 Å². The lowest BCUT2D eigenvalue weighted by Gasteiger charge is -2.14. The van der Waals surface area contributed by atoms with Crippen LogP contribution in [0, 0.1) is 17.1 Å². The van der Waals surface area contributed by atoms with Crippen LogP contribution >= 0.6 is 11.6 Å². The van der Waals surface area contributed by atoms with E-state index in [2.05, 4.69) is 5.32 Å². The van der Waals surface area contributed by atoms with Crippen LogP contribution in [-0.4, -0.2) is 35.0 Å². The van der Waals surface area contributed by atoms with E-state index in [0.717, 1.165) is 23.1 Å². The van der Waals surface area contributed by atoms with Gasteiger partial charge >= 0.3 is 0 Å². The quantitative estimate of drug-likeness (QED) is 0.810. The zero-order valence-corrected chi connectivity index (χ0v) is 11.3. The summed E-state index contributed by atoms with van der Waals surface area (Å²) >= 11 is 5.57. The van der Waals surface area contributed by atoms with Crippen LogP contribution in [0.5, 0.6) is 0 Å². The van der Waals surface area contributed by atoms with Crippen LogP contribution in [0.1, 0.15) is 5.56 Å². The number of nitrogens with one attached hydrogen (secondary N) is 1. The molecule has 0 saturated carbocycles. The van der Waals surface area contributed by atoms with Crippen molar-refractivity contribution in [3.05, 3.63) is 40.3 Å². The van der Waals surface area contributed by atoms with Gasteiger partial charge in [0.1, 0.15) is 17.6 Å². The minimum atomic E-state index is -0.761. The Bertz CT molecular complexity index is 697. The van der Waals surface area contributed by atoms with Gasteiger partial charge in [-0.25, -0.2) is 4.39 Å². The Morgan fingerprint density at radius 2 is 2.14 bits per heavy atom. The number of imide groups is 1. The molecule has 1 heterocycles. The zero-order valence-electron chi connectivity index (χ0n) is 10.6. The second kappa shape index (κ2) is 5.91. The van der Waals surface area contributed by atoms with Crippen LogP contribution in [-0.2, 0) is 9.59 Å². The summed E-state index contributed by atoms with van der Waals surface area (Å²) in [6, 6.07) is 3.89. The predicted molar refractivity (Wildman–Crippen MR) is 71.6 cm³/mol. The average Bonchev–Trinajstić information content (AvgIpc) is 2.70. The van der Waals surface area contributed by atoms with Gasteiger partial charge in [-0.1, -0.05) is 11.6 Å². The molecule has 21 heavy (non-hydrogen) atoms. The summed E-state index contributed by atoms with van der Waals surface area (Å²) in [7, 11) is 0. The van der Waals surface area contributed by atoms with E-state index in [1.807, 2.05) is 6.07 Å². The maximum Gasteiger partial charge on any atom is 0.277 e. The van der Waals surface area contributed by atoms with Gasteiger partial charge in [0.25, 0.3) is 11.8 Å². The third-order valence-corrected chi connectivity index (χ3v) is 3.07. The van der Waals surface area contributed by atoms with Gasteiger partial charge in [-0.05, 0) is 6.07 Å². The number of rotatable bonds is 4. The molecule has 1 aliphatic heterocycles. The van der Waals surface area contributed by atoms with Gasteiger partial charge in [0.05, 0.1) is 29.4 Å². The lowest BCUT2D eigenvalue weighted by atomic mass is 10.2. The Kier molecular flexibility index (Phi) is 4.21. The molecule has 0 unspecified atom stereocenters. The van der Waals surface area contributed by atoms with E-state index in [1.165, 1.54) is 0 Å². The topological polar surface area (TPSA) is 93.4 Å². The van der Waals surface area contributed by atoms with Crippen LogP contribution in [0.2, 0.25) is 5.02 Å². The summed E-state index contributed by atoms with van der Waals surface area (Å²) in [6.45, 7) is -0.503. The first-order valence-corrected chi connectivity index (χ1v) is 6.20. The van der Waals surface area contributed by atoms with E-state index < -0.39 is 17.6 Å². The number of halogens is 2. The number of carbonyl (C=O) groups is 2. The zero-order chi connectivity index (χ0) is 15.6. The Labute approximate surface area is 124 Å². The van der Waals surface area contributed by atoms with Gasteiger partial charge in [-0.3, -0.25) is 14.5 Å². The normalized spacial score (nSPS) is 14.2. The number of amides is 2. The Morgan fingerprint density at radius 1 is 1.43 bits per heavy atom. The van der Waals surface area contributed by atoms with Gasteiger partial charge in [0.15, 0.2) is 0 Å². The minimum Gasteiger partial charge on any atom is -0.395 e. The first-order chi connectivity index (χ1) is 9.97. The van der Waals surface area contributed by atoms with Crippen LogP contribution in [0.4, 0.5) is 10.1 Å². The minimum absolute atomic E-state index is 0.0256. The number of hydrogen-bond acceptors (Lipinski definition) is 5. The van der Waals surface area contributed by atoms with Crippen molar-refractivity contribution in [2.75, 3.05) is 18.5 Å². The molecule has 0 fully saturated rings. The number of benzene rings is 1. The summed E-state index contributed by atoms with van der Waals surface area (Å²) in [4.78, 5) is 24.3. The number of carbonyl (C=O) groups excluding carboxylic acids is 2. The molecule has 0 radical (unpaired) electrons. The summed E-state index contributed by atoms with van der Waals surface area (Å²) in [5, 5.41) is 20.1. The van der Waals surface area contributed by atoms with E-state index in [9.17, 15) is 14.0 Å². The van der Waals surface area contributed by atoms with E-state index in [-0.39, 0.29) is 35.1 Å². The SMILES string of the molecule is N#Cc1cc(Cl)c(F)cc1NC1=CC(=O)N(CCO)C1=O. The molecule has 0 aliphatic carbocycles. The maximum absolute atomic E-state index is 13.4. The molecule has 108 valence electrons. The summed E-state index contributed by atoms with van der Waals surface area (Å²) in [5.74, 6) is -2.01. The number of anilines is 1. The lowest BCUT2D eigenvalue weighted by molar-refractivity contribution is -0.137. The van der Waals surface area contributed by atoms with Crippen LogP contribution < -0.4 is 5.32 Å². The maximum atomic E-state index is 13.4. The number of nitrogens with zero attached hydrogens (tertiary/aromatic N) is 2. The van der Waals surface area contributed by atoms with Crippen molar-refractivity contribution in [1.82, 2.24) is 4.90 Å². The lowest BCUT2D eigenvalue weighted by Crippen LogP contribution is -2.34. The molecular weight excluding hydrogens is 301 g/mol. The Morgan fingerprint density at radius 3 is 2.76 bits per heavy atom. The number of aliphatic hydroxyl groups is 1. The smallest absolute Gasteiger partial charge is 0.277 e. The van der Waals surface area contributed by atoms with Crippen molar-refractivity contribution in [3.63, 3.8) is 0 Å². The molecule has 0 atom stereocenters. The molecule has 2 N–H and O–H groups in total. The summed E-state index contributed by atoms with van der Waals surface area (Å²) < 4.78 is 13.4. The number of β-amino-alcohol motifs (C(OH)–C–C–N with tert-alkyl or cyclic N) is 1. The van der Waals surface area contributed by atoms with E-state index in [4.69, 9.17) is 22.0 Å². The van der Waals surface area contributed by atoms with Crippen molar-refractivity contribution in [1.29, 1.82) is 5.26 Å². The molecule has 1 aromatic rings. The second-order valence-electron chi connectivity index (χ2n) is 4.13. The van der Waals surface area contributed by atoms with Gasteiger partial charge in [-0.15, -0.1) is 0 Å². The molecule has 0 spiro atoms. The highest BCUT2D eigenvalue weighted by atomic mass is 35.5. The molecule has 0 saturated heterocycles.